The van der Waals surface area contributed by atoms with Gasteiger partial charge in [-0.15, -0.1) is 11.3 Å². The van der Waals surface area contributed by atoms with Gasteiger partial charge < -0.3 is 5.32 Å². The fourth-order valence-corrected chi connectivity index (χ4v) is 3.12. The number of halogens is 1. The standard InChI is InChI=1S/C19H20ClN3OS/c1-12(2)13(3)21-19(24)17-11-16(18-5-4-10-25-18)22-23(17)15-8-6-14(20)7-9-15/h4-13H,1-3H3,(H,21,24). The normalized spacial score (nSPS) is 12.4. The van der Waals surface area contributed by atoms with Crippen LogP contribution < -0.4 is 5.32 Å². The Labute approximate surface area is 156 Å². The molecular weight excluding hydrogens is 354 g/mol. The van der Waals surface area contributed by atoms with Crippen LogP contribution in [0, 0.1) is 5.92 Å². The van der Waals surface area contributed by atoms with E-state index in [1.54, 1.807) is 28.2 Å². The topological polar surface area (TPSA) is 46.9 Å². The number of nitrogens with zero attached hydrogens (tertiary/aromatic N) is 2. The molecule has 4 nitrogen and oxygen atoms in total. The van der Waals surface area contributed by atoms with Gasteiger partial charge >= 0.3 is 0 Å². The van der Waals surface area contributed by atoms with Gasteiger partial charge in [-0.25, -0.2) is 4.68 Å². The van der Waals surface area contributed by atoms with Crippen LogP contribution in [0.4, 0.5) is 0 Å². The molecule has 0 aliphatic heterocycles. The van der Waals surface area contributed by atoms with E-state index in [2.05, 4.69) is 24.3 Å². The van der Waals surface area contributed by atoms with Crippen molar-refractivity contribution in [1.29, 1.82) is 0 Å². The van der Waals surface area contributed by atoms with Crippen molar-refractivity contribution in [2.75, 3.05) is 0 Å². The van der Waals surface area contributed by atoms with E-state index in [1.165, 1.54) is 0 Å². The molecule has 0 spiro atoms. The predicted octanol–water partition coefficient (Wildman–Crippen LogP) is 5.03. The molecular formula is C19H20ClN3OS. The van der Waals surface area contributed by atoms with Gasteiger partial charge in [0.2, 0.25) is 0 Å². The smallest absolute Gasteiger partial charge is 0.270 e. The summed E-state index contributed by atoms with van der Waals surface area (Å²) in [6.45, 7) is 6.17. The van der Waals surface area contributed by atoms with E-state index in [1.807, 2.05) is 42.6 Å². The Morgan fingerprint density at radius 2 is 1.92 bits per heavy atom. The fraction of sp³-hybridized carbons (Fsp3) is 0.263. The van der Waals surface area contributed by atoms with E-state index in [9.17, 15) is 4.79 Å². The summed E-state index contributed by atoms with van der Waals surface area (Å²) in [7, 11) is 0. The van der Waals surface area contributed by atoms with Crippen LogP contribution in [-0.2, 0) is 0 Å². The second-order valence-electron chi connectivity index (χ2n) is 6.29. The first-order valence-electron chi connectivity index (χ1n) is 8.16. The van der Waals surface area contributed by atoms with Crippen LogP contribution in [0.3, 0.4) is 0 Å². The first-order chi connectivity index (χ1) is 12.0. The van der Waals surface area contributed by atoms with Crippen LogP contribution in [0.15, 0.2) is 47.8 Å². The van der Waals surface area contributed by atoms with E-state index < -0.39 is 0 Å². The molecule has 2 heterocycles. The van der Waals surface area contributed by atoms with E-state index >= 15 is 0 Å². The number of benzene rings is 1. The van der Waals surface area contributed by atoms with E-state index in [4.69, 9.17) is 11.6 Å². The largest absolute Gasteiger partial charge is 0.348 e. The quantitative estimate of drug-likeness (QED) is 0.681. The highest BCUT2D eigenvalue weighted by atomic mass is 35.5. The summed E-state index contributed by atoms with van der Waals surface area (Å²) >= 11 is 7.58. The van der Waals surface area contributed by atoms with Gasteiger partial charge in [0.15, 0.2) is 0 Å². The third kappa shape index (κ3) is 3.94. The minimum Gasteiger partial charge on any atom is -0.348 e. The van der Waals surface area contributed by atoms with Gasteiger partial charge in [0, 0.05) is 11.1 Å². The van der Waals surface area contributed by atoms with Crippen molar-refractivity contribution in [2.24, 2.45) is 5.92 Å². The molecule has 3 rings (SSSR count). The van der Waals surface area contributed by atoms with E-state index in [0.29, 0.717) is 16.6 Å². The van der Waals surface area contributed by atoms with Crippen LogP contribution in [0.2, 0.25) is 5.02 Å². The number of hydrogen-bond acceptors (Lipinski definition) is 3. The van der Waals surface area contributed by atoms with Crippen LogP contribution in [0.25, 0.3) is 16.3 Å². The van der Waals surface area contributed by atoms with Crippen LogP contribution >= 0.6 is 22.9 Å². The summed E-state index contributed by atoms with van der Waals surface area (Å²) in [5, 5.41) is 10.3. The van der Waals surface area contributed by atoms with Gasteiger partial charge in [0.25, 0.3) is 5.91 Å². The summed E-state index contributed by atoms with van der Waals surface area (Å²) in [4.78, 5) is 13.8. The van der Waals surface area contributed by atoms with E-state index in [0.717, 1.165) is 16.3 Å². The Morgan fingerprint density at radius 3 is 2.52 bits per heavy atom. The van der Waals surface area contributed by atoms with Crippen molar-refractivity contribution in [1.82, 2.24) is 15.1 Å². The monoisotopic (exact) mass is 373 g/mol. The Kier molecular flexibility index (Phi) is 5.25. The molecule has 0 aliphatic rings. The molecule has 1 aromatic carbocycles. The molecule has 2 aromatic heterocycles. The molecule has 0 radical (unpaired) electrons. The zero-order chi connectivity index (χ0) is 18.0. The molecule has 1 atom stereocenters. The molecule has 0 saturated carbocycles. The Morgan fingerprint density at radius 1 is 1.20 bits per heavy atom. The van der Waals surface area contributed by atoms with Gasteiger partial charge in [0.1, 0.15) is 11.4 Å². The number of carbonyl (C=O) groups excluding carboxylic acids is 1. The van der Waals surface area contributed by atoms with E-state index in [-0.39, 0.29) is 11.9 Å². The van der Waals surface area contributed by atoms with Crippen molar-refractivity contribution in [2.45, 2.75) is 26.8 Å². The molecule has 0 fully saturated rings. The lowest BCUT2D eigenvalue weighted by Gasteiger charge is -2.17. The third-order valence-electron chi connectivity index (χ3n) is 4.15. The summed E-state index contributed by atoms with van der Waals surface area (Å²) in [6, 6.07) is 13.2. The molecule has 6 heteroatoms. The minimum atomic E-state index is -0.133. The Bertz CT molecular complexity index is 853. The van der Waals surface area contributed by atoms with Gasteiger partial charge in [-0.3, -0.25) is 4.79 Å². The van der Waals surface area contributed by atoms with Crippen molar-refractivity contribution < 1.29 is 4.79 Å². The highest BCUT2D eigenvalue weighted by molar-refractivity contribution is 7.13. The number of rotatable bonds is 5. The SMILES string of the molecule is CC(C)C(C)NC(=O)c1cc(-c2cccs2)nn1-c1ccc(Cl)cc1. The van der Waals surface area contributed by atoms with Crippen molar-refractivity contribution >= 4 is 28.8 Å². The van der Waals surface area contributed by atoms with Crippen molar-refractivity contribution in [3.05, 3.63) is 58.6 Å². The Hall–Kier alpha value is -2.11. The number of nitrogens with one attached hydrogen (secondary N) is 1. The molecule has 1 unspecified atom stereocenters. The number of thiophene rings is 1. The van der Waals surface area contributed by atoms with Gasteiger partial charge in [-0.05, 0) is 54.6 Å². The zero-order valence-electron chi connectivity index (χ0n) is 14.4. The summed E-state index contributed by atoms with van der Waals surface area (Å²) < 4.78 is 1.67. The number of aromatic nitrogens is 2. The lowest BCUT2D eigenvalue weighted by atomic mass is 10.1. The van der Waals surface area contributed by atoms with Crippen molar-refractivity contribution in [3.63, 3.8) is 0 Å². The van der Waals surface area contributed by atoms with Gasteiger partial charge in [-0.2, -0.15) is 5.10 Å². The van der Waals surface area contributed by atoms with Crippen molar-refractivity contribution in [3.8, 4) is 16.3 Å². The highest BCUT2D eigenvalue weighted by Gasteiger charge is 2.20. The maximum absolute atomic E-state index is 12.8. The molecule has 0 bridgehead atoms. The average Bonchev–Trinajstić information content (AvgIpc) is 3.24. The second-order valence-corrected chi connectivity index (χ2v) is 7.67. The first-order valence-corrected chi connectivity index (χ1v) is 9.42. The average molecular weight is 374 g/mol. The van der Waals surface area contributed by atoms with Gasteiger partial charge in [-0.1, -0.05) is 31.5 Å². The lowest BCUT2D eigenvalue weighted by Crippen LogP contribution is -2.37. The summed E-state index contributed by atoms with van der Waals surface area (Å²) in [5.41, 5.74) is 2.10. The number of amides is 1. The predicted molar refractivity (Wildman–Crippen MR) is 104 cm³/mol. The van der Waals surface area contributed by atoms with Crippen LogP contribution in [-0.4, -0.2) is 21.7 Å². The zero-order valence-corrected chi connectivity index (χ0v) is 15.9. The second kappa shape index (κ2) is 7.42. The summed E-state index contributed by atoms with van der Waals surface area (Å²) in [6.07, 6.45) is 0. The molecule has 1 N–H and O–H groups in total. The van der Waals surface area contributed by atoms with Crippen LogP contribution in [0.1, 0.15) is 31.3 Å². The molecule has 0 aliphatic carbocycles. The van der Waals surface area contributed by atoms with Gasteiger partial charge in [0.05, 0.1) is 10.6 Å². The number of carbonyl (C=O) groups is 1. The highest BCUT2D eigenvalue weighted by Crippen LogP contribution is 2.26. The molecule has 3 aromatic rings. The Balaban J connectivity index is 2.02. The fourth-order valence-electron chi connectivity index (χ4n) is 2.31. The molecule has 25 heavy (non-hydrogen) atoms. The van der Waals surface area contributed by atoms with Crippen LogP contribution in [0.5, 0.6) is 0 Å². The summed E-state index contributed by atoms with van der Waals surface area (Å²) in [5.74, 6) is 0.221. The molecule has 130 valence electrons. The third-order valence-corrected chi connectivity index (χ3v) is 5.29. The maximum Gasteiger partial charge on any atom is 0.270 e. The first kappa shape index (κ1) is 17.7. The molecule has 1 amide bonds. The maximum atomic E-state index is 12.8. The molecule has 0 saturated heterocycles. The number of hydrogen-bond donors (Lipinski definition) is 1. The lowest BCUT2D eigenvalue weighted by molar-refractivity contribution is 0.0922. The minimum absolute atomic E-state index is 0.0752.